The van der Waals surface area contributed by atoms with Crippen LogP contribution in [0.3, 0.4) is 0 Å². The number of halogens is 1. The number of nitrogens with zero attached hydrogens (tertiary/aromatic N) is 1. The number of hydrazine groups is 1. The molecule has 16 heavy (non-hydrogen) atoms. The van der Waals surface area contributed by atoms with Crippen molar-refractivity contribution in [2.45, 2.75) is 33.2 Å². The van der Waals surface area contributed by atoms with E-state index in [0.29, 0.717) is 0 Å². The van der Waals surface area contributed by atoms with Crippen molar-refractivity contribution in [3.05, 3.63) is 0 Å². The maximum atomic E-state index is 12.6. The van der Waals surface area contributed by atoms with Crippen molar-refractivity contribution in [2.75, 3.05) is 6.54 Å². The molecule has 0 rings (SSSR count). The van der Waals surface area contributed by atoms with E-state index in [0.717, 1.165) is 4.90 Å². The first-order valence-electron chi connectivity index (χ1n) is 4.96. The molecule has 0 aromatic rings. The number of hydrogen-bond donors (Lipinski definition) is 2. The Labute approximate surface area is 93.1 Å². The molecular formula is C9H16FN3O3. The smallest absolute Gasteiger partial charge is 0.303 e. The monoisotopic (exact) mass is 233 g/mol. The van der Waals surface area contributed by atoms with Gasteiger partial charge in [0.05, 0.1) is 0 Å². The average molecular weight is 233 g/mol. The molecule has 0 spiro atoms. The predicted octanol–water partition coefficient (Wildman–Crippen LogP) is 0.344. The molecule has 0 aliphatic rings. The van der Waals surface area contributed by atoms with Crippen LogP contribution in [0.15, 0.2) is 0 Å². The number of amides is 3. The molecule has 0 aliphatic carbocycles. The summed E-state index contributed by atoms with van der Waals surface area (Å²) in [6.45, 7) is 4.51. The minimum absolute atomic E-state index is 0.0847. The van der Waals surface area contributed by atoms with Gasteiger partial charge in [-0.25, -0.2) is 4.79 Å². The van der Waals surface area contributed by atoms with Crippen LogP contribution in [0.5, 0.6) is 0 Å². The fraction of sp³-hybridized carbons (Fsp3) is 0.667. The highest BCUT2D eigenvalue weighted by Gasteiger charge is 2.27. The summed E-state index contributed by atoms with van der Waals surface area (Å²) >= 11 is 0. The molecule has 7 heteroatoms. The second-order valence-electron chi connectivity index (χ2n) is 3.13. The Morgan fingerprint density at radius 3 is 2.12 bits per heavy atom. The van der Waals surface area contributed by atoms with E-state index in [4.69, 9.17) is 0 Å². The van der Waals surface area contributed by atoms with Gasteiger partial charge in [-0.1, -0.05) is 6.92 Å². The van der Waals surface area contributed by atoms with Crippen LogP contribution in [0.25, 0.3) is 0 Å². The van der Waals surface area contributed by atoms with Gasteiger partial charge in [-0.15, -0.1) is 4.39 Å². The second-order valence-corrected chi connectivity index (χ2v) is 3.13. The van der Waals surface area contributed by atoms with Gasteiger partial charge in [0, 0.05) is 13.5 Å². The third-order valence-corrected chi connectivity index (χ3v) is 1.99. The van der Waals surface area contributed by atoms with Gasteiger partial charge in [0.15, 0.2) is 0 Å². The molecule has 0 saturated heterocycles. The number of rotatable bonds is 4. The summed E-state index contributed by atoms with van der Waals surface area (Å²) in [5, 5.41) is 0. The van der Waals surface area contributed by atoms with Crippen LogP contribution in [-0.4, -0.2) is 35.5 Å². The summed E-state index contributed by atoms with van der Waals surface area (Å²) in [5.41, 5.74) is 4.18. The van der Waals surface area contributed by atoms with Crippen molar-refractivity contribution >= 4 is 18.0 Å². The van der Waals surface area contributed by atoms with Crippen LogP contribution >= 0.6 is 0 Å². The van der Waals surface area contributed by atoms with Crippen LogP contribution < -0.4 is 10.9 Å². The van der Waals surface area contributed by atoms with E-state index in [1.807, 2.05) is 0 Å². The number of hydrogen-bond acceptors (Lipinski definition) is 3. The second kappa shape index (κ2) is 6.76. The van der Waals surface area contributed by atoms with Crippen LogP contribution in [-0.2, 0) is 9.59 Å². The van der Waals surface area contributed by atoms with Crippen LogP contribution in [0.2, 0.25) is 0 Å². The maximum absolute atomic E-state index is 12.6. The maximum Gasteiger partial charge on any atom is 0.400 e. The molecule has 0 aromatic heterocycles. The molecule has 0 aliphatic heterocycles. The fourth-order valence-corrected chi connectivity index (χ4v) is 1.25. The molecule has 0 saturated carbocycles. The number of nitrogens with one attached hydrogen (secondary N) is 2. The van der Waals surface area contributed by atoms with E-state index < -0.39 is 24.0 Å². The van der Waals surface area contributed by atoms with Gasteiger partial charge in [-0.2, -0.15) is 0 Å². The summed E-state index contributed by atoms with van der Waals surface area (Å²) < 4.78 is 12.6. The topological polar surface area (TPSA) is 78.5 Å². The van der Waals surface area contributed by atoms with Crippen LogP contribution in [0.1, 0.15) is 27.2 Å². The van der Waals surface area contributed by atoms with Crippen molar-refractivity contribution in [1.29, 1.82) is 0 Å². The molecule has 92 valence electrons. The predicted molar refractivity (Wildman–Crippen MR) is 54.9 cm³/mol. The zero-order chi connectivity index (χ0) is 12.7. The van der Waals surface area contributed by atoms with Crippen LogP contribution in [0.4, 0.5) is 9.18 Å². The highest BCUT2D eigenvalue weighted by molar-refractivity contribution is 5.87. The highest BCUT2D eigenvalue weighted by Crippen LogP contribution is 2.06. The summed E-state index contributed by atoms with van der Waals surface area (Å²) in [7, 11) is 0. The molecule has 0 bridgehead atoms. The molecule has 1 atom stereocenters. The largest absolute Gasteiger partial charge is 0.400 e. The molecular weight excluding hydrogens is 217 g/mol. The first-order valence-corrected chi connectivity index (χ1v) is 4.96. The molecule has 0 heterocycles. The SMILES string of the molecule is CCC(C(=O)NNC(C)=O)N(CC)C(=O)F. The molecule has 1 unspecified atom stereocenters. The van der Waals surface area contributed by atoms with E-state index in [1.54, 1.807) is 13.8 Å². The summed E-state index contributed by atoms with van der Waals surface area (Å²) in [6.07, 6.45) is -1.40. The molecule has 3 amide bonds. The Bertz CT molecular complexity index is 283. The minimum Gasteiger partial charge on any atom is -0.303 e. The summed E-state index contributed by atoms with van der Waals surface area (Å²) in [5.74, 6) is -1.07. The molecule has 6 nitrogen and oxygen atoms in total. The molecule has 2 N–H and O–H groups in total. The Kier molecular flexibility index (Phi) is 6.06. The van der Waals surface area contributed by atoms with Crippen molar-refractivity contribution in [3.63, 3.8) is 0 Å². The van der Waals surface area contributed by atoms with Gasteiger partial charge in [0.25, 0.3) is 5.91 Å². The zero-order valence-corrected chi connectivity index (χ0v) is 9.54. The number of carbonyl (C=O) groups excluding carboxylic acids is 3. The lowest BCUT2D eigenvalue weighted by Gasteiger charge is -2.25. The van der Waals surface area contributed by atoms with Crippen molar-refractivity contribution in [3.8, 4) is 0 Å². The van der Waals surface area contributed by atoms with Gasteiger partial charge < -0.3 is 4.90 Å². The van der Waals surface area contributed by atoms with Crippen molar-refractivity contribution < 1.29 is 18.8 Å². The zero-order valence-electron chi connectivity index (χ0n) is 9.54. The standard InChI is InChI=1S/C9H16FN3O3/c1-4-7(13(5-2)9(10)16)8(15)12-11-6(3)14/h7H,4-5H2,1-3H3,(H,11,14)(H,12,15). The van der Waals surface area contributed by atoms with E-state index in [9.17, 15) is 18.8 Å². The van der Waals surface area contributed by atoms with Crippen molar-refractivity contribution in [1.82, 2.24) is 15.8 Å². The minimum atomic E-state index is -1.66. The summed E-state index contributed by atoms with van der Waals surface area (Å²) in [4.78, 5) is 33.4. The normalized spacial score (nSPS) is 11.5. The third kappa shape index (κ3) is 4.24. The quantitative estimate of drug-likeness (QED) is 0.417. The molecule has 0 aromatic carbocycles. The van der Waals surface area contributed by atoms with Gasteiger partial charge in [-0.05, 0) is 13.3 Å². The Balaban J connectivity index is 4.51. The fourth-order valence-electron chi connectivity index (χ4n) is 1.25. The third-order valence-electron chi connectivity index (χ3n) is 1.99. The van der Waals surface area contributed by atoms with E-state index in [1.165, 1.54) is 6.92 Å². The van der Waals surface area contributed by atoms with E-state index in [2.05, 4.69) is 10.9 Å². The van der Waals surface area contributed by atoms with E-state index >= 15 is 0 Å². The van der Waals surface area contributed by atoms with Crippen LogP contribution in [0, 0.1) is 0 Å². The molecule has 0 radical (unpaired) electrons. The number of likely N-dealkylation sites (N-methyl/N-ethyl adjacent to an activating group) is 1. The van der Waals surface area contributed by atoms with Gasteiger partial charge >= 0.3 is 6.16 Å². The Morgan fingerprint density at radius 1 is 1.25 bits per heavy atom. The van der Waals surface area contributed by atoms with E-state index in [-0.39, 0.29) is 13.0 Å². The first kappa shape index (κ1) is 14.3. The summed E-state index contributed by atoms with van der Waals surface area (Å²) in [6, 6.07) is -0.922. The molecule has 0 fully saturated rings. The van der Waals surface area contributed by atoms with Gasteiger partial charge in [0.2, 0.25) is 5.91 Å². The Morgan fingerprint density at radius 2 is 1.81 bits per heavy atom. The lowest BCUT2D eigenvalue weighted by molar-refractivity contribution is -0.131. The average Bonchev–Trinajstić information content (AvgIpc) is 2.21. The van der Waals surface area contributed by atoms with Crippen molar-refractivity contribution in [2.24, 2.45) is 0 Å². The Hall–Kier alpha value is -1.66. The van der Waals surface area contributed by atoms with Gasteiger partial charge in [-0.3, -0.25) is 20.4 Å². The van der Waals surface area contributed by atoms with Gasteiger partial charge in [0.1, 0.15) is 6.04 Å². The first-order chi connectivity index (χ1) is 7.43. The lowest BCUT2D eigenvalue weighted by Crippen LogP contribution is -2.52. The highest BCUT2D eigenvalue weighted by atomic mass is 19.1. The number of carbonyl (C=O) groups is 3. The lowest BCUT2D eigenvalue weighted by atomic mass is 10.2.